The lowest BCUT2D eigenvalue weighted by Gasteiger charge is -2.27. The number of carbonyl (C=O) groups excluding carboxylic acids is 2. The number of rotatable bonds is 10. The van der Waals surface area contributed by atoms with Gasteiger partial charge in [-0.05, 0) is 44.5 Å². The Kier molecular flexibility index (Phi) is 7.58. The summed E-state index contributed by atoms with van der Waals surface area (Å²) in [7, 11) is -3.83. The average molecular weight is 422 g/mol. The number of benzene rings is 1. The molecule has 0 spiro atoms. The highest BCUT2D eigenvalue weighted by molar-refractivity contribution is 7.89. The first-order chi connectivity index (χ1) is 13.6. The number of sulfonamides is 1. The Labute approximate surface area is 171 Å². The van der Waals surface area contributed by atoms with Crippen molar-refractivity contribution in [3.8, 4) is 0 Å². The van der Waals surface area contributed by atoms with Crippen LogP contribution in [0.5, 0.6) is 0 Å². The van der Waals surface area contributed by atoms with Gasteiger partial charge in [0, 0.05) is 5.54 Å². The lowest BCUT2D eigenvalue weighted by atomic mass is 10.0. The highest BCUT2D eigenvalue weighted by atomic mass is 32.2. The number of hydrogen-bond donors (Lipinski definition) is 2. The Balaban J connectivity index is 2.07. The van der Waals surface area contributed by atoms with E-state index in [1.54, 1.807) is 30.3 Å². The van der Waals surface area contributed by atoms with Crippen LogP contribution in [-0.4, -0.2) is 43.8 Å². The fourth-order valence-corrected chi connectivity index (χ4v) is 3.45. The van der Waals surface area contributed by atoms with Crippen LogP contribution in [0.4, 0.5) is 0 Å². The van der Waals surface area contributed by atoms with E-state index in [2.05, 4.69) is 10.0 Å². The third kappa shape index (κ3) is 7.03. The van der Waals surface area contributed by atoms with E-state index in [0.29, 0.717) is 5.76 Å². The molecule has 0 fully saturated rings. The van der Waals surface area contributed by atoms with Gasteiger partial charge in [-0.3, -0.25) is 9.59 Å². The molecule has 0 radical (unpaired) electrons. The molecule has 9 heteroatoms. The fraction of sp³-hybridized carbons (Fsp3) is 0.400. The van der Waals surface area contributed by atoms with Gasteiger partial charge in [0.05, 0.1) is 24.2 Å². The fourth-order valence-electron chi connectivity index (χ4n) is 2.45. The van der Waals surface area contributed by atoms with Gasteiger partial charge in [-0.25, -0.2) is 13.1 Å². The maximum atomic E-state index is 12.7. The normalized spacial score (nSPS) is 11.8. The highest BCUT2D eigenvalue weighted by Gasteiger charge is 2.24. The van der Waals surface area contributed by atoms with Gasteiger partial charge in [0.2, 0.25) is 21.8 Å². The molecule has 0 aliphatic carbocycles. The number of furan rings is 1. The third-order valence-corrected chi connectivity index (χ3v) is 5.86. The van der Waals surface area contributed by atoms with Crippen molar-refractivity contribution >= 4 is 21.8 Å². The van der Waals surface area contributed by atoms with Gasteiger partial charge in [0.1, 0.15) is 12.3 Å². The Hall–Kier alpha value is -2.65. The van der Waals surface area contributed by atoms with Crippen LogP contribution in [0, 0.1) is 0 Å². The minimum Gasteiger partial charge on any atom is -0.467 e. The lowest BCUT2D eigenvalue weighted by molar-refractivity contribution is -0.136. The van der Waals surface area contributed by atoms with E-state index in [1.807, 2.05) is 20.8 Å². The molecule has 0 bridgehead atoms. The van der Waals surface area contributed by atoms with Gasteiger partial charge >= 0.3 is 0 Å². The maximum absolute atomic E-state index is 12.7. The van der Waals surface area contributed by atoms with Gasteiger partial charge in [0.15, 0.2) is 0 Å². The van der Waals surface area contributed by atoms with Crippen molar-refractivity contribution in [2.24, 2.45) is 0 Å². The molecular formula is C20H27N3O5S. The molecule has 1 aromatic carbocycles. The summed E-state index contributed by atoms with van der Waals surface area (Å²) >= 11 is 0. The zero-order chi connectivity index (χ0) is 21.5. The van der Waals surface area contributed by atoms with Crippen molar-refractivity contribution in [1.29, 1.82) is 0 Å². The molecule has 2 rings (SSSR count). The van der Waals surface area contributed by atoms with E-state index in [-0.39, 0.29) is 23.9 Å². The Morgan fingerprint density at radius 1 is 1.10 bits per heavy atom. The van der Waals surface area contributed by atoms with Crippen molar-refractivity contribution in [1.82, 2.24) is 14.9 Å². The molecule has 0 saturated carbocycles. The molecular weight excluding hydrogens is 394 g/mol. The van der Waals surface area contributed by atoms with Crippen LogP contribution >= 0.6 is 0 Å². The van der Waals surface area contributed by atoms with Crippen LogP contribution in [0.25, 0.3) is 0 Å². The molecule has 0 saturated heterocycles. The average Bonchev–Trinajstić information content (AvgIpc) is 3.19. The molecule has 29 heavy (non-hydrogen) atoms. The van der Waals surface area contributed by atoms with E-state index in [0.717, 1.165) is 6.42 Å². The summed E-state index contributed by atoms with van der Waals surface area (Å²) in [6.07, 6.45) is 2.19. The van der Waals surface area contributed by atoms with E-state index < -0.39 is 28.0 Å². The molecule has 1 heterocycles. The summed E-state index contributed by atoms with van der Waals surface area (Å²) in [6, 6.07) is 11.1. The summed E-state index contributed by atoms with van der Waals surface area (Å²) in [4.78, 5) is 26.4. The number of nitrogens with one attached hydrogen (secondary N) is 2. The number of carbonyl (C=O) groups is 2. The Bertz CT molecular complexity index is 909. The zero-order valence-corrected chi connectivity index (χ0v) is 17.7. The summed E-state index contributed by atoms with van der Waals surface area (Å²) in [5, 5.41) is 2.87. The van der Waals surface area contributed by atoms with Gasteiger partial charge in [-0.15, -0.1) is 0 Å². The van der Waals surface area contributed by atoms with Gasteiger partial charge < -0.3 is 14.6 Å². The zero-order valence-electron chi connectivity index (χ0n) is 16.8. The first-order valence-corrected chi connectivity index (χ1v) is 10.8. The second-order valence-corrected chi connectivity index (χ2v) is 9.02. The molecule has 2 N–H and O–H groups in total. The van der Waals surface area contributed by atoms with Crippen molar-refractivity contribution < 1.29 is 22.4 Å². The van der Waals surface area contributed by atoms with Crippen molar-refractivity contribution in [3.63, 3.8) is 0 Å². The molecule has 0 unspecified atom stereocenters. The summed E-state index contributed by atoms with van der Waals surface area (Å²) in [5.41, 5.74) is -0.411. The van der Waals surface area contributed by atoms with Gasteiger partial charge in [0.25, 0.3) is 0 Å². The number of hydrogen-bond acceptors (Lipinski definition) is 5. The van der Waals surface area contributed by atoms with E-state index in [1.165, 1.54) is 23.3 Å². The van der Waals surface area contributed by atoms with E-state index in [9.17, 15) is 18.0 Å². The van der Waals surface area contributed by atoms with Crippen molar-refractivity contribution in [2.45, 2.75) is 44.2 Å². The molecule has 2 aromatic rings. The molecule has 1 aromatic heterocycles. The standard InChI is InChI=1S/C20H27N3O5S/c1-4-20(2,3)22-18(24)15-23(14-16-9-8-12-28-16)19(25)13-21-29(26,27)17-10-6-5-7-11-17/h5-12,21H,4,13-15H2,1-3H3,(H,22,24). The van der Waals surface area contributed by atoms with Crippen LogP contribution < -0.4 is 10.0 Å². The predicted octanol–water partition coefficient (Wildman–Crippen LogP) is 1.89. The SMILES string of the molecule is CCC(C)(C)NC(=O)CN(Cc1ccco1)C(=O)CNS(=O)(=O)c1ccccc1. The maximum Gasteiger partial charge on any atom is 0.241 e. The lowest BCUT2D eigenvalue weighted by Crippen LogP contribution is -2.49. The highest BCUT2D eigenvalue weighted by Crippen LogP contribution is 2.10. The Morgan fingerprint density at radius 2 is 1.79 bits per heavy atom. The molecule has 0 atom stereocenters. The van der Waals surface area contributed by atoms with Crippen LogP contribution in [0.15, 0.2) is 58.0 Å². The van der Waals surface area contributed by atoms with E-state index in [4.69, 9.17) is 4.42 Å². The summed E-state index contributed by atoms with van der Waals surface area (Å²) in [6.45, 7) is 5.09. The molecule has 158 valence electrons. The summed E-state index contributed by atoms with van der Waals surface area (Å²) in [5.74, 6) is -0.375. The molecule has 2 amide bonds. The second-order valence-electron chi connectivity index (χ2n) is 7.25. The molecule has 8 nitrogen and oxygen atoms in total. The quantitative estimate of drug-likeness (QED) is 0.609. The summed E-state index contributed by atoms with van der Waals surface area (Å²) < 4.78 is 32.2. The number of amides is 2. The monoisotopic (exact) mass is 421 g/mol. The number of nitrogens with zero attached hydrogens (tertiary/aromatic N) is 1. The smallest absolute Gasteiger partial charge is 0.241 e. The largest absolute Gasteiger partial charge is 0.467 e. The third-order valence-electron chi connectivity index (χ3n) is 4.44. The van der Waals surface area contributed by atoms with Crippen LogP contribution in [0.2, 0.25) is 0 Å². The second kappa shape index (κ2) is 9.71. The van der Waals surface area contributed by atoms with Crippen LogP contribution in [-0.2, 0) is 26.2 Å². The first-order valence-electron chi connectivity index (χ1n) is 9.29. The minimum atomic E-state index is -3.83. The van der Waals surface area contributed by atoms with Crippen LogP contribution in [0.3, 0.4) is 0 Å². The topological polar surface area (TPSA) is 109 Å². The minimum absolute atomic E-state index is 0.0544. The van der Waals surface area contributed by atoms with Crippen molar-refractivity contribution in [3.05, 3.63) is 54.5 Å². The molecule has 0 aliphatic rings. The van der Waals surface area contributed by atoms with Gasteiger partial charge in [-0.1, -0.05) is 25.1 Å². The Morgan fingerprint density at radius 3 is 2.38 bits per heavy atom. The van der Waals surface area contributed by atoms with E-state index >= 15 is 0 Å². The van der Waals surface area contributed by atoms with Crippen LogP contribution in [0.1, 0.15) is 33.0 Å². The first kappa shape index (κ1) is 22.6. The molecule has 0 aliphatic heterocycles. The van der Waals surface area contributed by atoms with Crippen molar-refractivity contribution in [2.75, 3.05) is 13.1 Å². The predicted molar refractivity (Wildman–Crippen MR) is 108 cm³/mol. The van der Waals surface area contributed by atoms with Gasteiger partial charge in [-0.2, -0.15) is 0 Å².